The molecular formula is C17H16Cl2N4O2S. The van der Waals surface area contributed by atoms with Crippen LogP contribution in [0.1, 0.15) is 5.56 Å². The molecule has 3 rings (SSSR count). The molecule has 1 aromatic carbocycles. The summed E-state index contributed by atoms with van der Waals surface area (Å²) in [6.07, 6.45) is 1.58. The van der Waals surface area contributed by atoms with Gasteiger partial charge in [0.25, 0.3) is 0 Å². The number of aromatic nitrogens is 3. The summed E-state index contributed by atoms with van der Waals surface area (Å²) in [6, 6.07) is 8.94. The quantitative estimate of drug-likeness (QED) is 0.571. The molecule has 26 heavy (non-hydrogen) atoms. The molecule has 136 valence electrons. The fraction of sp³-hybridized carbons (Fsp3) is 0.235. The molecule has 0 atom stereocenters. The molecule has 9 heteroatoms. The summed E-state index contributed by atoms with van der Waals surface area (Å²) < 4.78 is 7.14. The van der Waals surface area contributed by atoms with Crippen LogP contribution in [-0.4, -0.2) is 38.4 Å². The number of halogens is 2. The van der Waals surface area contributed by atoms with Crippen LogP contribution in [0.4, 0.5) is 0 Å². The summed E-state index contributed by atoms with van der Waals surface area (Å²) in [5.74, 6) is 1.48. The van der Waals surface area contributed by atoms with Crippen molar-refractivity contribution in [2.24, 2.45) is 7.05 Å². The fourth-order valence-corrected chi connectivity index (χ4v) is 3.47. The summed E-state index contributed by atoms with van der Waals surface area (Å²) >= 11 is 13.3. The second-order valence-electron chi connectivity index (χ2n) is 5.63. The van der Waals surface area contributed by atoms with E-state index in [4.69, 9.17) is 27.6 Å². The van der Waals surface area contributed by atoms with Crippen molar-refractivity contribution < 1.29 is 9.21 Å². The molecular weight excluding hydrogens is 395 g/mol. The number of furan rings is 1. The van der Waals surface area contributed by atoms with Crippen LogP contribution in [0.15, 0.2) is 46.2 Å². The second-order valence-corrected chi connectivity index (χ2v) is 7.39. The lowest BCUT2D eigenvalue weighted by atomic mass is 10.2. The predicted octanol–water partition coefficient (Wildman–Crippen LogP) is 4.13. The molecule has 0 fully saturated rings. The third-order valence-corrected chi connectivity index (χ3v) is 5.47. The summed E-state index contributed by atoms with van der Waals surface area (Å²) in [5.41, 5.74) is 0.916. The molecule has 0 spiro atoms. The Kier molecular flexibility index (Phi) is 5.90. The first-order chi connectivity index (χ1) is 12.5. The van der Waals surface area contributed by atoms with Crippen molar-refractivity contribution in [3.05, 3.63) is 52.2 Å². The third-order valence-electron chi connectivity index (χ3n) is 3.73. The van der Waals surface area contributed by atoms with Crippen LogP contribution in [0.3, 0.4) is 0 Å². The molecule has 0 unspecified atom stereocenters. The molecule has 0 aliphatic heterocycles. The number of carbonyl (C=O) groups is 1. The lowest BCUT2D eigenvalue weighted by molar-refractivity contribution is -0.127. The zero-order chi connectivity index (χ0) is 18.7. The largest absolute Gasteiger partial charge is 0.461 e. The molecule has 1 amide bonds. The first-order valence-corrected chi connectivity index (χ1v) is 9.44. The molecule has 6 nitrogen and oxygen atoms in total. The van der Waals surface area contributed by atoms with E-state index in [1.165, 1.54) is 11.8 Å². The Morgan fingerprint density at radius 2 is 2.08 bits per heavy atom. The Morgan fingerprint density at radius 3 is 2.77 bits per heavy atom. The summed E-state index contributed by atoms with van der Waals surface area (Å²) in [5, 5.41) is 9.85. The molecule has 0 aliphatic rings. The standard InChI is InChI=1S/C17H16Cl2N4O2S/c1-22(9-11-5-6-12(18)13(19)8-11)15(24)10-26-17-21-20-16(23(17)2)14-4-3-7-25-14/h3-8H,9-10H2,1-2H3. The van der Waals surface area contributed by atoms with Crippen LogP contribution in [0.25, 0.3) is 11.6 Å². The smallest absolute Gasteiger partial charge is 0.233 e. The number of rotatable bonds is 6. The van der Waals surface area contributed by atoms with Gasteiger partial charge in [-0.05, 0) is 29.8 Å². The van der Waals surface area contributed by atoms with Gasteiger partial charge in [0.15, 0.2) is 16.7 Å². The van der Waals surface area contributed by atoms with Crippen LogP contribution < -0.4 is 0 Å². The van der Waals surface area contributed by atoms with Gasteiger partial charge in [0.05, 0.1) is 22.1 Å². The van der Waals surface area contributed by atoms with E-state index < -0.39 is 0 Å². The van der Waals surface area contributed by atoms with E-state index >= 15 is 0 Å². The summed E-state index contributed by atoms with van der Waals surface area (Å²) in [6.45, 7) is 0.451. The van der Waals surface area contributed by atoms with E-state index in [0.29, 0.717) is 33.3 Å². The maximum Gasteiger partial charge on any atom is 0.233 e. The van der Waals surface area contributed by atoms with Gasteiger partial charge < -0.3 is 13.9 Å². The van der Waals surface area contributed by atoms with Crippen molar-refractivity contribution in [3.63, 3.8) is 0 Å². The van der Waals surface area contributed by atoms with Gasteiger partial charge >= 0.3 is 0 Å². The SMILES string of the molecule is CN(Cc1ccc(Cl)c(Cl)c1)C(=O)CSc1nnc(-c2ccco2)n1C. The minimum atomic E-state index is -0.0244. The molecule has 3 aromatic rings. The van der Waals surface area contributed by atoms with Gasteiger partial charge in [0.1, 0.15) is 0 Å². The number of nitrogens with zero attached hydrogens (tertiary/aromatic N) is 4. The van der Waals surface area contributed by atoms with Crippen molar-refractivity contribution in [1.29, 1.82) is 0 Å². The Labute approximate surface area is 165 Å². The van der Waals surface area contributed by atoms with Crippen LogP contribution in [0.2, 0.25) is 10.0 Å². The molecule has 0 N–H and O–H groups in total. The van der Waals surface area contributed by atoms with Crippen molar-refractivity contribution in [2.45, 2.75) is 11.7 Å². The number of benzene rings is 1. The first-order valence-electron chi connectivity index (χ1n) is 7.69. The topological polar surface area (TPSA) is 64.2 Å². The highest BCUT2D eigenvalue weighted by molar-refractivity contribution is 7.99. The van der Waals surface area contributed by atoms with Crippen molar-refractivity contribution >= 4 is 40.9 Å². The van der Waals surface area contributed by atoms with E-state index in [0.717, 1.165) is 5.56 Å². The average Bonchev–Trinajstić information content (AvgIpc) is 3.25. The number of hydrogen-bond donors (Lipinski definition) is 0. The van der Waals surface area contributed by atoms with Gasteiger partial charge in [-0.2, -0.15) is 0 Å². The Bertz CT molecular complexity index is 912. The Balaban J connectivity index is 1.59. The molecule has 2 heterocycles. The minimum Gasteiger partial charge on any atom is -0.461 e. The van der Waals surface area contributed by atoms with Crippen LogP contribution in [0.5, 0.6) is 0 Å². The van der Waals surface area contributed by atoms with E-state index in [2.05, 4.69) is 10.2 Å². The average molecular weight is 411 g/mol. The maximum absolute atomic E-state index is 12.4. The third kappa shape index (κ3) is 4.23. The van der Waals surface area contributed by atoms with Gasteiger partial charge in [-0.15, -0.1) is 10.2 Å². The van der Waals surface area contributed by atoms with Gasteiger partial charge in [-0.1, -0.05) is 41.0 Å². The summed E-state index contributed by atoms with van der Waals surface area (Å²) in [7, 11) is 3.58. The van der Waals surface area contributed by atoms with Crippen molar-refractivity contribution in [3.8, 4) is 11.6 Å². The molecule has 0 saturated heterocycles. The number of carbonyl (C=O) groups excluding carboxylic acids is 1. The van der Waals surface area contributed by atoms with E-state index in [1.807, 2.05) is 19.2 Å². The summed E-state index contributed by atoms with van der Waals surface area (Å²) in [4.78, 5) is 14.0. The van der Waals surface area contributed by atoms with Crippen LogP contribution in [0, 0.1) is 0 Å². The Hall–Kier alpha value is -1.96. The molecule has 0 saturated carbocycles. The maximum atomic E-state index is 12.4. The van der Waals surface area contributed by atoms with Crippen LogP contribution >= 0.6 is 35.0 Å². The molecule has 0 bridgehead atoms. The van der Waals surface area contributed by atoms with Gasteiger partial charge in [-0.25, -0.2) is 0 Å². The van der Waals surface area contributed by atoms with Gasteiger partial charge in [0.2, 0.25) is 5.91 Å². The van der Waals surface area contributed by atoms with E-state index in [-0.39, 0.29) is 11.7 Å². The lowest BCUT2D eigenvalue weighted by Crippen LogP contribution is -2.27. The normalized spacial score (nSPS) is 10.9. The number of amides is 1. The second kappa shape index (κ2) is 8.16. The minimum absolute atomic E-state index is 0.0244. The van der Waals surface area contributed by atoms with Crippen LogP contribution in [-0.2, 0) is 18.4 Å². The molecule has 0 radical (unpaired) electrons. The molecule has 0 aliphatic carbocycles. The monoisotopic (exact) mass is 410 g/mol. The number of thioether (sulfide) groups is 1. The highest BCUT2D eigenvalue weighted by Crippen LogP contribution is 2.24. The lowest BCUT2D eigenvalue weighted by Gasteiger charge is -2.17. The predicted molar refractivity (Wildman–Crippen MR) is 102 cm³/mol. The van der Waals surface area contributed by atoms with Crippen molar-refractivity contribution in [2.75, 3.05) is 12.8 Å². The van der Waals surface area contributed by atoms with E-state index in [1.54, 1.807) is 41.0 Å². The van der Waals surface area contributed by atoms with Gasteiger partial charge in [0, 0.05) is 20.6 Å². The highest BCUT2D eigenvalue weighted by Gasteiger charge is 2.16. The zero-order valence-electron chi connectivity index (χ0n) is 14.1. The Morgan fingerprint density at radius 1 is 1.27 bits per heavy atom. The van der Waals surface area contributed by atoms with Crippen molar-refractivity contribution in [1.82, 2.24) is 19.7 Å². The van der Waals surface area contributed by atoms with Gasteiger partial charge in [-0.3, -0.25) is 4.79 Å². The zero-order valence-corrected chi connectivity index (χ0v) is 16.5. The highest BCUT2D eigenvalue weighted by atomic mass is 35.5. The number of hydrogen-bond acceptors (Lipinski definition) is 5. The molecule has 2 aromatic heterocycles. The fourth-order valence-electron chi connectivity index (χ4n) is 2.30. The van der Waals surface area contributed by atoms with E-state index in [9.17, 15) is 4.79 Å². The first kappa shape index (κ1) is 18.8.